The second-order valence-electron chi connectivity index (χ2n) is 4.68. The molecule has 0 saturated carbocycles. The lowest BCUT2D eigenvalue weighted by atomic mass is 10.1. The first-order valence-corrected chi connectivity index (χ1v) is 7.10. The van der Waals surface area contributed by atoms with Gasteiger partial charge in [-0.15, -0.1) is 11.8 Å². The molecule has 1 saturated heterocycles. The second kappa shape index (κ2) is 5.65. The summed E-state index contributed by atoms with van der Waals surface area (Å²) in [5.41, 5.74) is -0.303. The molecule has 2 atom stereocenters. The van der Waals surface area contributed by atoms with Gasteiger partial charge in [-0.2, -0.15) is 13.2 Å². The minimum absolute atomic E-state index is 0.118. The Morgan fingerprint density at radius 1 is 1.50 bits per heavy atom. The maximum atomic E-state index is 12.7. The zero-order valence-electron chi connectivity index (χ0n) is 10.7. The molecule has 0 radical (unpaired) electrons. The van der Waals surface area contributed by atoms with E-state index in [1.54, 1.807) is 13.0 Å². The Balaban J connectivity index is 2.28. The number of nitrogens with zero attached hydrogens (tertiary/aromatic N) is 1. The highest BCUT2D eigenvalue weighted by atomic mass is 32.2. The van der Waals surface area contributed by atoms with Gasteiger partial charge in [0.25, 0.3) is 0 Å². The molecule has 0 bridgehead atoms. The Morgan fingerprint density at radius 3 is 2.80 bits per heavy atom. The van der Waals surface area contributed by atoms with Crippen LogP contribution in [0.3, 0.4) is 0 Å². The first-order chi connectivity index (χ1) is 9.29. The van der Waals surface area contributed by atoms with Gasteiger partial charge in [0.2, 0.25) is 5.91 Å². The number of alkyl halides is 3. The van der Waals surface area contributed by atoms with Crippen molar-refractivity contribution in [1.82, 2.24) is 4.90 Å². The number of halogens is 3. The van der Waals surface area contributed by atoms with Crippen LogP contribution in [-0.2, 0) is 11.0 Å². The van der Waals surface area contributed by atoms with Crippen LogP contribution >= 0.6 is 11.8 Å². The van der Waals surface area contributed by atoms with Gasteiger partial charge in [-0.05, 0) is 24.6 Å². The van der Waals surface area contributed by atoms with E-state index in [1.807, 2.05) is 0 Å². The van der Waals surface area contributed by atoms with E-state index in [0.29, 0.717) is 5.56 Å². The SMILES string of the molecule is C[C@@H](O)CN1C(=O)CS[C@@H]1c1cccc(C(F)(F)F)c1. The van der Waals surface area contributed by atoms with Crippen LogP contribution in [0.25, 0.3) is 0 Å². The van der Waals surface area contributed by atoms with Gasteiger partial charge in [0.15, 0.2) is 0 Å². The van der Waals surface area contributed by atoms with Crippen LogP contribution in [0, 0.1) is 0 Å². The number of amides is 1. The molecule has 1 aliphatic heterocycles. The highest BCUT2D eigenvalue weighted by molar-refractivity contribution is 8.00. The third-order valence-corrected chi connectivity index (χ3v) is 4.18. The van der Waals surface area contributed by atoms with Gasteiger partial charge in [0.05, 0.1) is 17.4 Å². The zero-order valence-corrected chi connectivity index (χ0v) is 11.5. The van der Waals surface area contributed by atoms with E-state index in [9.17, 15) is 23.1 Å². The molecule has 1 aliphatic rings. The van der Waals surface area contributed by atoms with Crippen LogP contribution in [0.15, 0.2) is 24.3 Å². The molecule has 0 aromatic heterocycles. The fourth-order valence-electron chi connectivity index (χ4n) is 2.08. The number of rotatable bonds is 3. The molecule has 20 heavy (non-hydrogen) atoms. The first-order valence-electron chi connectivity index (χ1n) is 6.05. The van der Waals surface area contributed by atoms with Gasteiger partial charge in [-0.3, -0.25) is 4.79 Å². The molecule has 1 N–H and O–H groups in total. The van der Waals surface area contributed by atoms with E-state index in [-0.39, 0.29) is 18.2 Å². The van der Waals surface area contributed by atoms with Gasteiger partial charge in [-0.1, -0.05) is 12.1 Å². The summed E-state index contributed by atoms with van der Waals surface area (Å²) in [7, 11) is 0. The molecule has 1 fully saturated rings. The maximum absolute atomic E-state index is 12.7. The van der Waals surface area contributed by atoms with E-state index in [0.717, 1.165) is 12.1 Å². The molecule has 1 aromatic rings. The molecule has 0 unspecified atom stereocenters. The van der Waals surface area contributed by atoms with Gasteiger partial charge in [0, 0.05) is 6.54 Å². The molecule has 1 amide bonds. The Morgan fingerprint density at radius 2 is 2.20 bits per heavy atom. The van der Waals surface area contributed by atoms with Crippen molar-refractivity contribution < 1.29 is 23.1 Å². The van der Waals surface area contributed by atoms with Crippen molar-refractivity contribution in [2.45, 2.75) is 24.6 Å². The Kier molecular flexibility index (Phi) is 4.29. The quantitative estimate of drug-likeness (QED) is 0.933. The molecule has 2 rings (SSSR count). The van der Waals surface area contributed by atoms with Crippen LogP contribution < -0.4 is 0 Å². The van der Waals surface area contributed by atoms with Crippen LogP contribution in [0.4, 0.5) is 13.2 Å². The summed E-state index contributed by atoms with van der Waals surface area (Å²) >= 11 is 1.27. The number of β-amino-alcohol motifs (C(OH)–C–C–N with tert-alkyl or cyclic N) is 1. The van der Waals surface area contributed by atoms with Crippen LogP contribution in [0.1, 0.15) is 23.4 Å². The molecule has 3 nitrogen and oxygen atoms in total. The van der Waals surface area contributed by atoms with Crippen molar-refractivity contribution in [1.29, 1.82) is 0 Å². The molecule has 110 valence electrons. The first kappa shape index (κ1) is 15.2. The fourth-order valence-corrected chi connectivity index (χ4v) is 3.27. The third-order valence-electron chi connectivity index (χ3n) is 2.93. The number of hydrogen-bond acceptors (Lipinski definition) is 3. The number of carbonyl (C=O) groups excluding carboxylic acids is 1. The fraction of sp³-hybridized carbons (Fsp3) is 0.462. The van der Waals surface area contributed by atoms with Crippen LogP contribution in [0.5, 0.6) is 0 Å². The molecule has 1 heterocycles. The molecule has 1 aromatic carbocycles. The van der Waals surface area contributed by atoms with E-state index in [1.165, 1.54) is 22.7 Å². The summed E-state index contributed by atoms with van der Waals surface area (Å²) in [6.07, 6.45) is -5.12. The van der Waals surface area contributed by atoms with Crippen molar-refractivity contribution in [2.75, 3.05) is 12.3 Å². The minimum atomic E-state index is -4.40. The number of thioether (sulfide) groups is 1. The van der Waals surface area contributed by atoms with E-state index in [4.69, 9.17) is 0 Å². The number of hydrogen-bond donors (Lipinski definition) is 1. The predicted molar refractivity (Wildman–Crippen MR) is 70.0 cm³/mol. The smallest absolute Gasteiger partial charge is 0.392 e. The lowest BCUT2D eigenvalue weighted by Crippen LogP contribution is -2.34. The van der Waals surface area contributed by atoms with Crippen LogP contribution in [0.2, 0.25) is 0 Å². The lowest BCUT2D eigenvalue weighted by molar-refractivity contribution is -0.137. The topological polar surface area (TPSA) is 40.5 Å². The normalized spacial score (nSPS) is 21.4. The van der Waals surface area contributed by atoms with Crippen LogP contribution in [-0.4, -0.2) is 34.3 Å². The molecule has 0 aliphatic carbocycles. The monoisotopic (exact) mass is 305 g/mol. The summed E-state index contributed by atoms with van der Waals surface area (Å²) in [5.74, 6) is 0.0477. The molecular weight excluding hydrogens is 291 g/mol. The molecule has 0 spiro atoms. The summed E-state index contributed by atoms with van der Waals surface area (Å²) in [5, 5.41) is 8.92. The van der Waals surface area contributed by atoms with Gasteiger partial charge in [-0.25, -0.2) is 0 Å². The van der Waals surface area contributed by atoms with Gasteiger partial charge in [0.1, 0.15) is 5.37 Å². The second-order valence-corrected chi connectivity index (χ2v) is 5.75. The standard InChI is InChI=1S/C13H14F3NO2S/c1-8(18)6-17-11(19)7-20-12(17)9-3-2-4-10(5-9)13(14,15)16/h2-5,8,12,18H,6-7H2,1H3/t8-,12-/m1/s1. The molecule has 7 heteroatoms. The number of benzene rings is 1. The number of aliphatic hydroxyl groups is 1. The van der Waals surface area contributed by atoms with E-state index < -0.39 is 23.2 Å². The van der Waals surface area contributed by atoms with Crippen molar-refractivity contribution >= 4 is 17.7 Å². The summed E-state index contributed by atoms with van der Waals surface area (Å²) in [4.78, 5) is 13.2. The zero-order chi connectivity index (χ0) is 14.9. The van der Waals surface area contributed by atoms with Crippen molar-refractivity contribution in [3.05, 3.63) is 35.4 Å². The Hall–Kier alpha value is -1.21. The third kappa shape index (κ3) is 3.27. The maximum Gasteiger partial charge on any atom is 0.416 e. The van der Waals surface area contributed by atoms with E-state index >= 15 is 0 Å². The number of carbonyl (C=O) groups is 1. The summed E-state index contributed by atoms with van der Waals surface area (Å²) in [6.45, 7) is 1.66. The minimum Gasteiger partial charge on any atom is -0.392 e. The predicted octanol–water partition coefficient (Wildman–Crippen LogP) is 2.66. The Labute approximate surface area is 118 Å². The van der Waals surface area contributed by atoms with Crippen molar-refractivity contribution in [2.24, 2.45) is 0 Å². The average molecular weight is 305 g/mol. The van der Waals surface area contributed by atoms with Crippen molar-refractivity contribution in [3.8, 4) is 0 Å². The highest BCUT2D eigenvalue weighted by Crippen LogP contribution is 2.40. The highest BCUT2D eigenvalue weighted by Gasteiger charge is 2.35. The summed E-state index contributed by atoms with van der Waals surface area (Å²) in [6, 6.07) is 4.97. The van der Waals surface area contributed by atoms with E-state index in [2.05, 4.69) is 0 Å². The number of aliphatic hydroxyl groups excluding tert-OH is 1. The lowest BCUT2D eigenvalue weighted by Gasteiger charge is -2.25. The Bertz CT molecular complexity index is 505. The largest absolute Gasteiger partial charge is 0.416 e. The summed E-state index contributed by atoms with van der Waals surface area (Å²) < 4.78 is 38.1. The van der Waals surface area contributed by atoms with Gasteiger partial charge >= 0.3 is 6.18 Å². The van der Waals surface area contributed by atoms with Gasteiger partial charge < -0.3 is 10.0 Å². The van der Waals surface area contributed by atoms with Crippen molar-refractivity contribution in [3.63, 3.8) is 0 Å². The average Bonchev–Trinajstić information content (AvgIpc) is 2.70. The molecular formula is C13H14F3NO2S.